The minimum absolute atomic E-state index is 0.470. The van der Waals surface area contributed by atoms with E-state index in [0.717, 1.165) is 27.8 Å². The van der Waals surface area contributed by atoms with Gasteiger partial charge in [0.25, 0.3) is 0 Å². The van der Waals surface area contributed by atoms with Crippen molar-refractivity contribution >= 4 is 33.5 Å². The fourth-order valence-corrected chi connectivity index (χ4v) is 2.22. The topological polar surface area (TPSA) is 30.7 Å². The van der Waals surface area contributed by atoms with Gasteiger partial charge in [-0.25, -0.2) is 9.97 Å². The lowest BCUT2D eigenvalue weighted by Crippen LogP contribution is -1.91. The molecule has 0 atom stereocenters. The monoisotopic (exact) mass is 231 g/mol. The summed E-state index contributed by atoms with van der Waals surface area (Å²) in [5, 5.41) is 1.56. The summed E-state index contributed by atoms with van der Waals surface area (Å²) in [7, 11) is 1.99. The van der Waals surface area contributed by atoms with E-state index in [9.17, 15) is 0 Å². The van der Waals surface area contributed by atoms with Gasteiger partial charge in [0.2, 0.25) is 0 Å². The number of hydrogen-bond acceptors (Lipinski definition) is 2. The maximum atomic E-state index is 6.13. The number of pyridine rings is 1. The van der Waals surface area contributed by atoms with Gasteiger partial charge in [-0.3, -0.25) is 0 Å². The Bertz CT molecular complexity index is 700. The van der Waals surface area contributed by atoms with E-state index in [-0.39, 0.29) is 0 Å². The average molecular weight is 232 g/mol. The molecular weight excluding hydrogens is 222 g/mol. The Labute approximate surface area is 97.7 Å². The van der Waals surface area contributed by atoms with Gasteiger partial charge in [0.15, 0.2) is 5.15 Å². The third-order valence-electron chi connectivity index (χ3n) is 2.89. The molecule has 4 heteroatoms. The summed E-state index contributed by atoms with van der Waals surface area (Å²) in [4.78, 5) is 8.78. The van der Waals surface area contributed by atoms with Crippen molar-refractivity contribution in [2.75, 3.05) is 0 Å². The predicted molar refractivity (Wildman–Crippen MR) is 65.8 cm³/mol. The maximum Gasteiger partial charge on any atom is 0.157 e. The fraction of sp³-hybridized carbons (Fsp3) is 0.167. The second-order valence-electron chi connectivity index (χ2n) is 3.84. The van der Waals surface area contributed by atoms with Gasteiger partial charge in [0.05, 0.1) is 11.0 Å². The minimum atomic E-state index is 0.470. The zero-order valence-corrected chi connectivity index (χ0v) is 9.78. The summed E-state index contributed by atoms with van der Waals surface area (Å²) in [5.41, 5.74) is 2.73. The number of aryl methyl sites for hydroxylation is 2. The molecule has 3 rings (SSSR count). The number of fused-ring (bicyclic) bond motifs is 3. The van der Waals surface area contributed by atoms with Crippen LogP contribution in [0.3, 0.4) is 0 Å². The van der Waals surface area contributed by atoms with E-state index in [1.807, 2.05) is 42.8 Å². The van der Waals surface area contributed by atoms with Crippen LogP contribution in [0.4, 0.5) is 0 Å². The number of rotatable bonds is 0. The summed E-state index contributed by atoms with van der Waals surface area (Å²) in [6, 6.07) is 7.96. The second-order valence-corrected chi connectivity index (χ2v) is 4.19. The Morgan fingerprint density at radius 1 is 1.19 bits per heavy atom. The summed E-state index contributed by atoms with van der Waals surface area (Å²) >= 11 is 6.13. The number of nitrogens with zero attached hydrogens (tertiary/aromatic N) is 3. The van der Waals surface area contributed by atoms with Crippen LogP contribution >= 0.6 is 11.6 Å². The highest BCUT2D eigenvalue weighted by atomic mass is 35.5. The summed E-state index contributed by atoms with van der Waals surface area (Å²) in [5.74, 6) is 0.940. The lowest BCUT2D eigenvalue weighted by atomic mass is 10.2. The van der Waals surface area contributed by atoms with Crippen molar-refractivity contribution in [3.63, 3.8) is 0 Å². The lowest BCUT2D eigenvalue weighted by molar-refractivity contribution is 0.888. The number of hydrogen-bond donors (Lipinski definition) is 0. The number of imidazole rings is 1. The number of aromatic nitrogens is 3. The Morgan fingerprint density at radius 3 is 2.75 bits per heavy atom. The highest BCUT2D eigenvalue weighted by molar-refractivity contribution is 6.35. The van der Waals surface area contributed by atoms with Crippen molar-refractivity contribution in [2.45, 2.75) is 6.92 Å². The fourth-order valence-electron chi connectivity index (χ4n) is 1.99. The molecule has 0 N–H and O–H groups in total. The van der Waals surface area contributed by atoms with Gasteiger partial charge in [0.1, 0.15) is 11.3 Å². The molecular formula is C12H10ClN3. The second kappa shape index (κ2) is 3.19. The molecule has 0 radical (unpaired) electrons. The van der Waals surface area contributed by atoms with Crippen LogP contribution in [-0.2, 0) is 7.05 Å². The maximum absolute atomic E-state index is 6.13. The molecule has 16 heavy (non-hydrogen) atoms. The van der Waals surface area contributed by atoms with Crippen LogP contribution in [0.5, 0.6) is 0 Å². The molecule has 0 fully saturated rings. The number of halogens is 1. The van der Waals surface area contributed by atoms with E-state index < -0.39 is 0 Å². The molecule has 0 saturated heterocycles. The first-order valence-corrected chi connectivity index (χ1v) is 5.43. The molecule has 0 saturated carbocycles. The number of para-hydroxylation sites is 1. The Morgan fingerprint density at radius 2 is 1.94 bits per heavy atom. The lowest BCUT2D eigenvalue weighted by Gasteiger charge is -2.02. The Balaban J connectivity index is 2.67. The minimum Gasteiger partial charge on any atom is -0.331 e. The van der Waals surface area contributed by atoms with Crippen LogP contribution in [0.25, 0.3) is 21.9 Å². The van der Waals surface area contributed by atoms with Crippen molar-refractivity contribution in [3.8, 4) is 0 Å². The summed E-state index contributed by atoms with van der Waals surface area (Å²) in [6.07, 6.45) is 0. The van der Waals surface area contributed by atoms with Crippen molar-refractivity contribution in [3.05, 3.63) is 35.2 Å². The van der Waals surface area contributed by atoms with Crippen LogP contribution in [0, 0.1) is 6.92 Å². The van der Waals surface area contributed by atoms with E-state index in [2.05, 4.69) is 9.97 Å². The van der Waals surface area contributed by atoms with E-state index in [1.165, 1.54) is 0 Å². The van der Waals surface area contributed by atoms with Gasteiger partial charge in [0, 0.05) is 12.4 Å². The van der Waals surface area contributed by atoms with E-state index in [1.54, 1.807) is 0 Å². The van der Waals surface area contributed by atoms with Crippen LogP contribution < -0.4 is 0 Å². The molecule has 0 bridgehead atoms. The largest absolute Gasteiger partial charge is 0.331 e. The first-order chi connectivity index (χ1) is 7.68. The smallest absolute Gasteiger partial charge is 0.157 e. The van der Waals surface area contributed by atoms with Gasteiger partial charge >= 0.3 is 0 Å². The van der Waals surface area contributed by atoms with E-state index in [4.69, 9.17) is 11.6 Å². The number of benzene rings is 1. The van der Waals surface area contributed by atoms with Gasteiger partial charge < -0.3 is 4.57 Å². The van der Waals surface area contributed by atoms with Crippen molar-refractivity contribution in [1.29, 1.82) is 0 Å². The van der Waals surface area contributed by atoms with Crippen molar-refractivity contribution in [2.24, 2.45) is 7.05 Å². The molecule has 0 unspecified atom stereocenters. The Hall–Kier alpha value is -1.61. The van der Waals surface area contributed by atoms with E-state index in [0.29, 0.717) is 5.15 Å². The van der Waals surface area contributed by atoms with Crippen molar-refractivity contribution in [1.82, 2.24) is 14.5 Å². The zero-order valence-electron chi connectivity index (χ0n) is 9.03. The molecule has 3 nitrogen and oxygen atoms in total. The van der Waals surface area contributed by atoms with Crippen LogP contribution in [-0.4, -0.2) is 14.5 Å². The van der Waals surface area contributed by atoms with Crippen molar-refractivity contribution < 1.29 is 0 Å². The molecule has 0 amide bonds. The molecule has 3 aromatic rings. The molecule has 2 heterocycles. The molecule has 0 aliphatic rings. The summed E-state index contributed by atoms with van der Waals surface area (Å²) < 4.78 is 2.05. The SMILES string of the molecule is Cc1nc2c(Cl)nc3ccccc3c2n1C. The molecule has 0 spiro atoms. The molecule has 0 aliphatic carbocycles. The standard InChI is InChI=1S/C12H10ClN3/c1-7-14-10-11(16(7)2)8-5-3-4-6-9(8)15-12(10)13/h3-6H,1-2H3. The molecule has 0 aliphatic heterocycles. The molecule has 2 aromatic heterocycles. The van der Waals surface area contributed by atoms with Crippen LogP contribution in [0.15, 0.2) is 24.3 Å². The van der Waals surface area contributed by atoms with Gasteiger partial charge in [-0.2, -0.15) is 0 Å². The molecule has 80 valence electrons. The van der Waals surface area contributed by atoms with Crippen LogP contribution in [0.2, 0.25) is 5.15 Å². The normalized spacial score (nSPS) is 11.4. The van der Waals surface area contributed by atoms with Crippen LogP contribution in [0.1, 0.15) is 5.82 Å². The molecule has 1 aromatic carbocycles. The predicted octanol–water partition coefficient (Wildman–Crippen LogP) is 3.08. The van der Waals surface area contributed by atoms with E-state index >= 15 is 0 Å². The first-order valence-electron chi connectivity index (χ1n) is 5.06. The third kappa shape index (κ3) is 1.15. The highest BCUT2D eigenvalue weighted by Gasteiger charge is 2.12. The zero-order chi connectivity index (χ0) is 11.3. The third-order valence-corrected chi connectivity index (χ3v) is 3.16. The Kier molecular flexibility index (Phi) is 1.91. The summed E-state index contributed by atoms with van der Waals surface area (Å²) in [6.45, 7) is 1.96. The highest BCUT2D eigenvalue weighted by Crippen LogP contribution is 2.28. The van der Waals surface area contributed by atoms with Gasteiger partial charge in [-0.1, -0.05) is 29.8 Å². The average Bonchev–Trinajstić information content (AvgIpc) is 2.57. The quantitative estimate of drug-likeness (QED) is 0.557. The van der Waals surface area contributed by atoms with Gasteiger partial charge in [-0.15, -0.1) is 0 Å². The van der Waals surface area contributed by atoms with Gasteiger partial charge in [-0.05, 0) is 13.0 Å². The first kappa shape index (κ1) is 9.60.